The average molecular weight is 218 g/mol. The van der Waals surface area contributed by atoms with Crippen molar-refractivity contribution in [2.24, 2.45) is 5.41 Å². The minimum atomic E-state index is -0.995. The van der Waals surface area contributed by atoms with Gasteiger partial charge >= 0.3 is 5.97 Å². The third-order valence-corrected chi connectivity index (χ3v) is 2.49. The molecule has 0 amide bonds. The zero-order valence-corrected chi connectivity index (χ0v) is 9.43. The van der Waals surface area contributed by atoms with Gasteiger partial charge in [-0.3, -0.25) is 4.79 Å². The van der Waals surface area contributed by atoms with Gasteiger partial charge in [-0.2, -0.15) is 5.26 Å². The molecule has 0 radical (unpaired) electrons. The summed E-state index contributed by atoms with van der Waals surface area (Å²) < 4.78 is 4.88. The Balaban J connectivity index is 4.53. The van der Waals surface area contributed by atoms with Crippen molar-refractivity contribution >= 4 is 17.6 Å². The smallest absolute Gasteiger partial charge is 0.326 e. The van der Waals surface area contributed by atoms with Gasteiger partial charge in [-0.1, -0.05) is 6.92 Å². The highest BCUT2D eigenvalue weighted by Gasteiger charge is 2.37. The predicted molar refractivity (Wildman–Crippen MR) is 54.9 cm³/mol. The number of nitriles is 1. The van der Waals surface area contributed by atoms with Crippen molar-refractivity contribution in [2.75, 3.05) is 12.5 Å². The lowest BCUT2D eigenvalue weighted by Gasteiger charge is -2.21. The molecule has 0 bridgehead atoms. The molecule has 0 N–H and O–H groups in total. The average Bonchev–Trinajstić information content (AvgIpc) is 2.21. The summed E-state index contributed by atoms with van der Waals surface area (Å²) in [6, 6.07) is 2.05. The van der Waals surface area contributed by atoms with Gasteiger partial charge in [-0.05, 0) is 26.2 Å². The zero-order valence-electron chi connectivity index (χ0n) is 8.68. The maximum absolute atomic E-state index is 11.5. The van der Waals surface area contributed by atoms with Crippen LogP contribution in [0.25, 0.3) is 0 Å². The first-order chi connectivity index (χ1) is 6.66. The third-order valence-electron chi connectivity index (χ3n) is 2.22. The molecule has 3 nitrogen and oxygen atoms in total. The molecular weight excluding hydrogens is 202 g/mol. The number of nitrogens with zero attached hydrogens (tertiary/aromatic N) is 1. The summed E-state index contributed by atoms with van der Waals surface area (Å²) in [6.07, 6.45) is 1.60. The van der Waals surface area contributed by atoms with E-state index in [4.69, 9.17) is 21.6 Å². The van der Waals surface area contributed by atoms with E-state index in [0.29, 0.717) is 31.7 Å². The van der Waals surface area contributed by atoms with Gasteiger partial charge in [0.1, 0.15) is 0 Å². The molecule has 0 aromatic heterocycles. The van der Waals surface area contributed by atoms with Crippen LogP contribution >= 0.6 is 11.6 Å². The normalized spacial score (nSPS) is 14.1. The second-order valence-electron chi connectivity index (χ2n) is 3.06. The summed E-state index contributed by atoms with van der Waals surface area (Å²) in [5.74, 6) is 0.0400. The van der Waals surface area contributed by atoms with Crippen molar-refractivity contribution < 1.29 is 9.53 Å². The predicted octanol–water partition coefficient (Wildman–Crippen LogP) is 2.49. The van der Waals surface area contributed by atoms with Crippen LogP contribution in [0.15, 0.2) is 0 Å². The van der Waals surface area contributed by atoms with E-state index >= 15 is 0 Å². The molecule has 4 heteroatoms. The molecule has 80 valence electrons. The number of halogens is 1. The number of ether oxygens (including phenoxy) is 1. The highest BCUT2D eigenvalue weighted by Crippen LogP contribution is 2.29. The van der Waals surface area contributed by atoms with Crippen LogP contribution in [-0.4, -0.2) is 18.5 Å². The van der Waals surface area contributed by atoms with E-state index in [1.54, 1.807) is 6.92 Å². The Hall–Kier alpha value is -0.750. The summed E-state index contributed by atoms with van der Waals surface area (Å²) in [5, 5.41) is 9.01. The largest absolute Gasteiger partial charge is 0.465 e. The SMILES string of the molecule is CCOC(=O)C(C#N)(CC)CCCCl. The van der Waals surface area contributed by atoms with Gasteiger partial charge in [0.25, 0.3) is 0 Å². The third kappa shape index (κ3) is 3.19. The van der Waals surface area contributed by atoms with Crippen molar-refractivity contribution in [3.05, 3.63) is 0 Å². The molecule has 0 rings (SSSR count). The first-order valence-electron chi connectivity index (χ1n) is 4.81. The van der Waals surface area contributed by atoms with E-state index in [1.165, 1.54) is 0 Å². The first kappa shape index (κ1) is 13.2. The maximum Gasteiger partial charge on any atom is 0.326 e. The van der Waals surface area contributed by atoms with Crippen LogP contribution in [0.5, 0.6) is 0 Å². The molecule has 0 fully saturated rings. The van der Waals surface area contributed by atoms with E-state index in [1.807, 2.05) is 6.92 Å². The molecule has 0 aliphatic rings. The van der Waals surface area contributed by atoms with Crippen LogP contribution in [0.2, 0.25) is 0 Å². The first-order valence-corrected chi connectivity index (χ1v) is 5.34. The second-order valence-corrected chi connectivity index (χ2v) is 3.44. The molecular formula is C10H16ClNO2. The summed E-state index contributed by atoms with van der Waals surface area (Å²) in [7, 11) is 0. The number of esters is 1. The monoisotopic (exact) mass is 217 g/mol. The molecule has 0 aromatic rings. The fourth-order valence-corrected chi connectivity index (χ4v) is 1.38. The summed E-state index contributed by atoms with van der Waals surface area (Å²) >= 11 is 5.54. The number of hydrogen-bond donors (Lipinski definition) is 0. The molecule has 1 atom stereocenters. The summed E-state index contributed by atoms with van der Waals surface area (Å²) in [6.45, 7) is 3.86. The van der Waals surface area contributed by atoms with Crippen molar-refractivity contribution in [2.45, 2.75) is 33.1 Å². The number of hydrogen-bond acceptors (Lipinski definition) is 3. The molecule has 0 aliphatic heterocycles. The van der Waals surface area contributed by atoms with E-state index in [0.717, 1.165) is 0 Å². The molecule has 0 saturated heterocycles. The van der Waals surface area contributed by atoms with Crippen LogP contribution in [0.1, 0.15) is 33.1 Å². The van der Waals surface area contributed by atoms with Crippen LogP contribution in [0.4, 0.5) is 0 Å². The fraction of sp³-hybridized carbons (Fsp3) is 0.800. The van der Waals surface area contributed by atoms with Gasteiger partial charge in [0.05, 0.1) is 12.7 Å². The Morgan fingerprint density at radius 3 is 2.57 bits per heavy atom. The van der Waals surface area contributed by atoms with Crippen molar-refractivity contribution in [3.8, 4) is 6.07 Å². The standard InChI is InChI=1S/C10H16ClNO2/c1-3-10(8-12,6-5-7-11)9(13)14-4-2/h3-7H2,1-2H3. The van der Waals surface area contributed by atoms with E-state index in [9.17, 15) is 4.79 Å². The molecule has 0 spiro atoms. The van der Waals surface area contributed by atoms with Crippen molar-refractivity contribution in [1.29, 1.82) is 5.26 Å². The molecule has 0 aromatic carbocycles. The minimum Gasteiger partial charge on any atom is -0.465 e. The van der Waals surface area contributed by atoms with Gasteiger partial charge in [-0.25, -0.2) is 0 Å². The van der Waals surface area contributed by atoms with Gasteiger partial charge in [0, 0.05) is 5.88 Å². The quantitative estimate of drug-likeness (QED) is 0.507. The van der Waals surface area contributed by atoms with Crippen molar-refractivity contribution in [3.63, 3.8) is 0 Å². The molecule has 14 heavy (non-hydrogen) atoms. The van der Waals surface area contributed by atoms with E-state index in [-0.39, 0.29) is 0 Å². The minimum absolute atomic E-state index is 0.309. The maximum atomic E-state index is 11.5. The Labute approximate surface area is 90.0 Å². The van der Waals surface area contributed by atoms with Crippen LogP contribution in [-0.2, 0) is 9.53 Å². The van der Waals surface area contributed by atoms with Crippen molar-refractivity contribution in [1.82, 2.24) is 0 Å². The number of carbonyl (C=O) groups is 1. The topological polar surface area (TPSA) is 50.1 Å². The van der Waals surface area contributed by atoms with E-state index < -0.39 is 11.4 Å². The van der Waals surface area contributed by atoms with Crippen LogP contribution < -0.4 is 0 Å². The lowest BCUT2D eigenvalue weighted by Crippen LogP contribution is -2.31. The Morgan fingerprint density at radius 2 is 2.21 bits per heavy atom. The lowest BCUT2D eigenvalue weighted by molar-refractivity contribution is -0.152. The molecule has 0 saturated carbocycles. The molecule has 0 aliphatic carbocycles. The molecule has 1 unspecified atom stereocenters. The highest BCUT2D eigenvalue weighted by molar-refractivity contribution is 6.17. The Morgan fingerprint density at radius 1 is 1.57 bits per heavy atom. The van der Waals surface area contributed by atoms with Gasteiger partial charge in [0.2, 0.25) is 0 Å². The highest BCUT2D eigenvalue weighted by atomic mass is 35.5. The Kier molecular flexibility index (Phi) is 6.31. The van der Waals surface area contributed by atoms with Gasteiger partial charge < -0.3 is 4.74 Å². The van der Waals surface area contributed by atoms with Crippen LogP contribution in [0.3, 0.4) is 0 Å². The summed E-state index contributed by atoms with van der Waals surface area (Å²) in [5.41, 5.74) is -0.995. The molecule has 0 heterocycles. The van der Waals surface area contributed by atoms with Gasteiger partial charge in [-0.15, -0.1) is 11.6 Å². The lowest BCUT2D eigenvalue weighted by atomic mass is 9.82. The Bertz CT molecular complexity index is 225. The summed E-state index contributed by atoms with van der Waals surface area (Å²) in [4.78, 5) is 11.5. The van der Waals surface area contributed by atoms with Crippen LogP contribution in [0, 0.1) is 16.7 Å². The number of rotatable bonds is 6. The second kappa shape index (κ2) is 6.67. The van der Waals surface area contributed by atoms with E-state index in [2.05, 4.69) is 6.07 Å². The number of carbonyl (C=O) groups excluding carboxylic acids is 1. The zero-order chi connectivity index (χ0) is 11.0. The number of alkyl halides is 1. The fourth-order valence-electron chi connectivity index (χ4n) is 1.24. The van der Waals surface area contributed by atoms with Gasteiger partial charge in [0.15, 0.2) is 5.41 Å².